The normalized spacial score (nSPS) is 19.3. The zero-order valence-corrected chi connectivity index (χ0v) is 29.2. The maximum absolute atomic E-state index is 5.33. The molecule has 0 radical (unpaired) electrons. The van der Waals surface area contributed by atoms with E-state index in [-0.39, 0.29) is 18.2 Å². The Morgan fingerprint density at radius 3 is 2.21 bits per heavy atom. The molecule has 0 amide bonds. The van der Waals surface area contributed by atoms with E-state index in [2.05, 4.69) is 184 Å². The molecule has 0 saturated heterocycles. The van der Waals surface area contributed by atoms with E-state index in [0.29, 0.717) is 0 Å². The lowest BCUT2D eigenvalue weighted by molar-refractivity contribution is 0.574. The summed E-state index contributed by atoms with van der Waals surface area (Å²) < 4.78 is 4.86. The van der Waals surface area contributed by atoms with Crippen LogP contribution in [0.25, 0.3) is 51.4 Å². The number of para-hydroxylation sites is 2. The molecule has 0 bridgehead atoms. The van der Waals surface area contributed by atoms with Gasteiger partial charge in [0.1, 0.15) is 0 Å². The van der Waals surface area contributed by atoms with Gasteiger partial charge in [-0.05, 0) is 89.2 Å². The SMILES string of the molecule is CN1c2ccccc2NC1n1c2c(c3cc(-c4ccccc4)ccc31)=CC1c3cc(-c4ccccc4)ccc3N(c3nc4c(n3C)CCC=C4)C1C=2. The first kappa shape index (κ1) is 29.5. The summed E-state index contributed by atoms with van der Waals surface area (Å²) in [6.45, 7) is 0. The van der Waals surface area contributed by atoms with Crippen LogP contribution in [0.15, 0.2) is 127 Å². The minimum Gasteiger partial charge on any atom is -0.346 e. The van der Waals surface area contributed by atoms with E-state index in [9.17, 15) is 0 Å². The Labute approximate surface area is 302 Å². The number of anilines is 4. The van der Waals surface area contributed by atoms with Crippen molar-refractivity contribution in [2.75, 3.05) is 22.2 Å². The van der Waals surface area contributed by atoms with Crippen molar-refractivity contribution < 1.29 is 0 Å². The molecule has 6 heteroatoms. The summed E-state index contributed by atoms with van der Waals surface area (Å²) >= 11 is 0. The van der Waals surface area contributed by atoms with Gasteiger partial charge in [0, 0.05) is 42.0 Å². The maximum atomic E-state index is 5.33. The Balaban J connectivity index is 1.18. The Morgan fingerprint density at radius 2 is 1.44 bits per heavy atom. The van der Waals surface area contributed by atoms with Crippen molar-refractivity contribution in [3.05, 3.63) is 155 Å². The largest absolute Gasteiger partial charge is 0.346 e. The Kier molecular flexibility index (Phi) is 6.30. The molecule has 11 rings (SSSR count). The molecular formula is C46H38N6. The van der Waals surface area contributed by atoms with Gasteiger partial charge in [0.2, 0.25) is 5.95 Å². The number of benzene rings is 5. The maximum Gasteiger partial charge on any atom is 0.211 e. The number of rotatable bonds is 4. The molecule has 0 spiro atoms. The van der Waals surface area contributed by atoms with Crippen molar-refractivity contribution in [2.24, 2.45) is 7.05 Å². The number of hydrogen-bond donors (Lipinski definition) is 1. The number of hydrogen-bond acceptors (Lipinski definition) is 4. The van der Waals surface area contributed by atoms with E-state index < -0.39 is 0 Å². The van der Waals surface area contributed by atoms with E-state index >= 15 is 0 Å². The highest BCUT2D eigenvalue weighted by Crippen LogP contribution is 2.49. The smallest absolute Gasteiger partial charge is 0.211 e. The number of aromatic nitrogens is 3. The van der Waals surface area contributed by atoms with Crippen LogP contribution < -0.4 is 25.7 Å². The summed E-state index contributed by atoms with van der Waals surface area (Å²) in [5.41, 5.74) is 13.5. The minimum absolute atomic E-state index is 0.0470. The van der Waals surface area contributed by atoms with Gasteiger partial charge in [0.25, 0.3) is 0 Å². The average molecular weight is 675 g/mol. The molecule has 7 aromatic rings. The van der Waals surface area contributed by atoms with Crippen molar-refractivity contribution in [3.8, 4) is 22.3 Å². The van der Waals surface area contributed by atoms with Crippen molar-refractivity contribution in [3.63, 3.8) is 0 Å². The Morgan fingerprint density at radius 1 is 0.712 bits per heavy atom. The van der Waals surface area contributed by atoms with E-state index in [1.165, 1.54) is 66.4 Å². The average Bonchev–Trinajstić information content (AvgIpc) is 3.91. The predicted octanol–water partition coefficient (Wildman–Crippen LogP) is 8.56. The first-order chi connectivity index (χ1) is 25.6. The second-order valence-electron chi connectivity index (χ2n) is 14.5. The monoisotopic (exact) mass is 674 g/mol. The van der Waals surface area contributed by atoms with E-state index in [1.807, 2.05) is 0 Å². The molecule has 0 saturated carbocycles. The van der Waals surface area contributed by atoms with Gasteiger partial charge in [0.15, 0.2) is 6.29 Å². The fraction of sp³-hybridized carbons (Fsp3) is 0.152. The molecule has 2 aliphatic heterocycles. The van der Waals surface area contributed by atoms with Gasteiger partial charge >= 0.3 is 0 Å². The molecule has 4 aliphatic rings. The van der Waals surface area contributed by atoms with Crippen molar-refractivity contribution in [2.45, 2.75) is 31.1 Å². The van der Waals surface area contributed by atoms with Gasteiger partial charge in [0.05, 0.1) is 34.0 Å². The molecule has 5 aromatic carbocycles. The summed E-state index contributed by atoms with van der Waals surface area (Å²) in [5.74, 6) is 1.14. The molecule has 3 unspecified atom stereocenters. The van der Waals surface area contributed by atoms with Crippen LogP contribution in [0.4, 0.5) is 23.0 Å². The standard InChI is InChI=1S/C46H38N6/c1-49-41-19-11-9-17-37(41)47-45(49)51-39-23-21-31(29-13-5-3-6-14-29)25-33(39)35-27-36-34-26-32(30-15-7-4-8-16-30)22-24-40(34)52(44(36)28-43(35)51)46-48-38-18-10-12-20-42(38)50(46)2/h3-11,13-19,21-28,36,44-45,47H,12,20H2,1-2H3. The molecule has 2 aromatic heterocycles. The quantitative estimate of drug-likeness (QED) is 0.203. The zero-order valence-electron chi connectivity index (χ0n) is 29.2. The van der Waals surface area contributed by atoms with Crippen LogP contribution in [0.2, 0.25) is 0 Å². The molecule has 1 N–H and O–H groups in total. The van der Waals surface area contributed by atoms with Crippen LogP contribution >= 0.6 is 0 Å². The van der Waals surface area contributed by atoms with Gasteiger partial charge in [-0.3, -0.25) is 0 Å². The van der Waals surface area contributed by atoms with Crippen LogP contribution in [0.3, 0.4) is 0 Å². The number of allylic oxidation sites excluding steroid dienone is 1. The first-order valence-corrected chi connectivity index (χ1v) is 18.3. The highest BCUT2D eigenvalue weighted by Gasteiger charge is 2.42. The molecule has 52 heavy (non-hydrogen) atoms. The molecule has 6 nitrogen and oxygen atoms in total. The summed E-state index contributed by atoms with van der Waals surface area (Å²) in [6, 6.07) is 44.2. The van der Waals surface area contributed by atoms with Crippen molar-refractivity contribution >= 4 is 52.1 Å². The third-order valence-electron chi connectivity index (χ3n) is 11.7. The topological polar surface area (TPSA) is 41.3 Å². The van der Waals surface area contributed by atoms with Gasteiger partial charge < -0.3 is 24.3 Å². The van der Waals surface area contributed by atoms with Crippen LogP contribution in [0, 0.1) is 0 Å². The second-order valence-corrected chi connectivity index (χ2v) is 14.5. The number of fused-ring (bicyclic) bond motifs is 8. The third-order valence-corrected chi connectivity index (χ3v) is 11.7. The van der Waals surface area contributed by atoms with E-state index in [4.69, 9.17) is 4.98 Å². The van der Waals surface area contributed by atoms with Crippen LogP contribution in [0.1, 0.15) is 35.6 Å². The Bertz CT molecular complexity index is 2720. The summed E-state index contributed by atoms with van der Waals surface area (Å²) in [4.78, 5) is 10.2. The van der Waals surface area contributed by atoms with E-state index in [1.54, 1.807) is 0 Å². The fourth-order valence-electron chi connectivity index (χ4n) is 9.19. The summed E-state index contributed by atoms with van der Waals surface area (Å²) in [5, 5.41) is 7.68. The highest BCUT2D eigenvalue weighted by molar-refractivity contribution is 5.91. The molecule has 2 aliphatic carbocycles. The molecule has 252 valence electrons. The van der Waals surface area contributed by atoms with E-state index in [0.717, 1.165) is 30.2 Å². The van der Waals surface area contributed by atoms with Gasteiger partial charge in [-0.1, -0.05) is 97.1 Å². The zero-order chi connectivity index (χ0) is 34.5. The number of imidazole rings is 1. The Hall–Kier alpha value is -6.27. The highest BCUT2D eigenvalue weighted by atomic mass is 15.4. The van der Waals surface area contributed by atoms with Crippen LogP contribution in [-0.2, 0) is 13.5 Å². The van der Waals surface area contributed by atoms with Crippen molar-refractivity contribution in [1.82, 2.24) is 14.1 Å². The third kappa shape index (κ3) is 4.21. The van der Waals surface area contributed by atoms with Crippen LogP contribution in [0.5, 0.6) is 0 Å². The molecule has 0 fully saturated rings. The second kappa shape index (κ2) is 11.1. The molecule has 3 atom stereocenters. The lowest BCUT2D eigenvalue weighted by atomic mass is 9.88. The van der Waals surface area contributed by atoms with Gasteiger partial charge in [-0.25, -0.2) is 4.98 Å². The lowest BCUT2D eigenvalue weighted by Crippen LogP contribution is -2.44. The molecule has 4 heterocycles. The summed E-state index contributed by atoms with van der Waals surface area (Å²) in [7, 11) is 4.39. The predicted molar refractivity (Wildman–Crippen MR) is 214 cm³/mol. The molecular weight excluding hydrogens is 637 g/mol. The fourth-order valence-corrected chi connectivity index (χ4v) is 9.19. The lowest BCUT2D eigenvalue weighted by Gasteiger charge is -2.29. The number of nitrogens with one attached hydrogen (secondary N) is 1. The summed E-state index contributed by atoms with van der Waals surface area (Å²) in [6.07, 6.45) is 11.5. The first-order valence-electron chi connectivity index (χ1n) is 18.3. The van der Waals surface area contributed by atoms with Crippen molar-refractivity contribution in [1.29, 1.82) is 0 Å². The minimum atomic E-state index is -0.0834. The van der Waals surface area contributed by atoms with Crippen LogP contribution in [-0.4, -0.2) is 27.2 Å². The van der Waals surface area contributed by atoms with Gasteiger partial charge in [-0.15, -0.1) is 0 Å². The van der Waals surface area contributed by atoms with Gasteiger partial charge in [-0.2, -0.15) is 0 Å². The number of nitrogens with zero attached hydrogens (tertiary/aromatic N) is 5.